The number of amides is 1. The second-order valence-corrected chi connectivity index (χ2v) is 7.65. The Balaban J connectivity index is 1.67. The van der Waals surface area contributed by atoms with E-state index in [1.807, 2.05) is 55.5 Å². The van der Waals surface area contributed by atoms with E-state index in [2.05, 4.69) is 10.3 Å². The van der Waals surface area contributed by atoms with E-state index in [4.69, 9.17) is 18.9 Å². The predicted molar refractivity (Wildman–Crippen MR) is 128 cm³/mol. The molecule has 0 radical (unpaired) electrons. The largest absolute Gasteiger partial charge is 0.493 e. The number of benzene rings is 3. The minimum Gasteiger partial charge on any atom is -0.493 e. The number of pyridine rings is 1. The van der Waals surface area contributed by atoms with Crippen molar-refractivity contribution in [3.8, 4) is 23.0 Å². The molecule has 1 N–H and O–H groups in total. The first kappa shape index (κ1) is 22.4. The summed E-state index contributed by atoms with van der Waals surface area (Å²) in [6, 6.07) is 16.7. The van der Waals surface area contributed by atoms with Crippen molar-refractivity contribution in [3.63, 3.8) is 0 Å². The Hall–Kier alpha value is -3.84. The number of nitrogens with one attached hydrogen (secondary N) is 1. The maximum atomic E-state index is 12.8. The van der Waals surface area contributed by atoms with Crippen LogP contribution in [0, 0.1) is 0 Å². The van der Waals surface area contributed by atoms with Crippen LogP contribution in [0.3, 0.4) is 0 Å². The Labute approximate surface area is 192 Å². The summed E-state index contributed by atoms with van der Waals surface area (Å²) in [6.07, 6.45) is 1.69. The zero-order valence-corrected chi connectivity index (χ0v) is 19.0. The first-order valence-corrected chi connectivity index (χ1v) is 10.5. The van der Waals surface area contributed by atoms with E-state index in [-0.39, 0.29) is 11.9 Å². The molecule has 7 heteroatoms. The number of fused-ring (bicyclic) bond motifs is 2. The molecule has 0 bridgehead atoms. The lowest BCUT2D eigenvalue weighted by molar-refractivity contribution is 0.0907. The highest BCUT2D eigenvalue weighted by molar-refractivity contribution is 6.07. The van der Waals surface area contributed by atoms with E-state index >= 15 is 0 Å². The van der Waals surface area contributed by atoms with Crippen LogP contribution in [0.1, 0.15) is 17.3 Å². The number of aromatic nitrogens is 1. The number of hydrogen-bond donors (Lipinski definition) is 1. The molecule has 0 spiro atoms. The molecule has 33 heavy (non-hydrogen) atoms. The van der Waals surface area contributed by atoms with Gasteiger partial charge in [-0.05, 0) is 54.1 Å². The molecular formula is C26H26N2O5. The van der Waals surface area contributed by atoms with Crippen molar-refractivity contribution in [2.45, 2.75) is 13.0 Å². The highest BCUT2D eigenvalue weighted by Gasteiger charge is 2.14. The zero-order chi connectivity index (χ0) is 23.4. The molecule has 1 unspecified atom stereocenters. The van der Waals surface area contributed by atoms with Crippen LogP contribution in [0.15, 0.2) is 60.8 Å². The van der Waals surface area contributed by atoms with Gasteiger partial charge in [-0.3, -0.25) is 9.78 Å². The number of rotatable bonds is 8. The summed E-state index contributed by atoms with van der Waals surface area (Å²) in [5.74, 6) is 2.35. The van der Waals surface area contributed by atoms with Crippen LogP contribution in [0.5, 0.6) is 23.0 Å². The summed E-state index contributed by atoms with van der Waals surface area (Å²) in [6.45, 7) is 2.35. The third-order valence-electron chi connectivity index (χ3n) is 5.33. The predicted octanol–water partition coefficient (Wildman–Crippen LogP) is 4.96. The van der Waals surface area contributed by atoms with Gasteiger partial charge in [0.1, 0.15) is 11.5 Å². The number of carbonyl (C=O) groups is 1. The number of methoxy groups -OCH3 is 3. The van der Waals surface area contributed by atoms with Gasteiger partial charge in [-0.2, -0.15) is 0 Å². The molecule has 1 amide bonds. The van der Waals surface area contributed by atoms with E-state index in [9.17, 15) is 4.79 Å². The Kier molecular flexibility index (Phi) is 6.60. The van der Waals surface area contributed by atoms with Crippen molar-refractivity contribution < 1.29 is 23.7 Å². The van der Waals surface area contributed by atoms with E-state index in [0.717, 1.165) is 21.7 Å². The Morgan fingerprint density at radius 1 is 0.939 bits per heavy atom. The van der Waals surface area contributed by atoms with Gasteiger partial charge in [-0.1, -0.05) is 12.1 Å². The van der Waals surface area contributed by atoms with Crippen molar-refractivity contribution in [3.05, 3.63) is 66.4 Å². The number of ether oxygens (including phenoxy) is 4. The molecule has 1 aromatic heterocycles. The van der Waals surface area contributed by atoms with Crippen molar-refractivity contribution in [1.82, 2.24) is 10.3 Å². The molecule has 0 aliphatic rings. The monoisotopic (exact) mass is 446 g/mol. The quantitative estimate of drug-likeness (QED) is 0.412. The van der Waals surface area contributed by atoms with Crippen molar-refractivity contribution >= 4 is 27.6 Å². The summed E-state index contributed by atoms with van der Waals surface area (Å²) in [5, 5.41) is 5.51. The SMILES string of the molecule is COCC(C)NC(=O)c1cccc2cc(Oc3ccnc4cc(OC)c(OC)cc34)ccc12. The first-order valence-electron chi connectivity index (χ1n) is 10.5. The fourth-order valence-electron chi connectivity index (χ4n) is 3.78. The Bertz CT molecular complexity index is 1300. The number of nitrogens with zero attached hydrogens (tertiary/aromatic N) is 1. The first-order chi connectivity index (χ1) is 16.0. The smallest absolute Gasteiger partial charge is 0.252 e. The topological polar surface area (TPSA) is 78.9 Å². The molecule has 0 aliphatic carbocycles. The Morgan fingerprint density at radius 3 is 2.48 bits per heavy atom. The minimum absolute atomic E-state index is 0.0871. The molecule has 0 saturated carbocycles. The summed E-state index contributed by atoms with van der Waals surface area (Å²) in [4.78, 5) is 17.2. The maximum absolute atomic E-state index is 12.8. The highest BCUT2D eigenvalue weighted by atomic mass is 16.5. The van der Waals surface area contributed by atoms with Crippen molar-refractivity contribution in [2.24, 2.45) is 0 Å². The van der Waals surface area contributed by atoms with Crippen LogP contribution >= 0.6 is 0 Å². The fraction of sp³-hybridized carbons (Fsp3) is 0.231. The summed E-state index contributed by atoms with van der Waals surface area (Å²) >= 11 is 0. The zero-order valence-electron chi connectivity index (χ0n) is 19.0. The average molecular weight is 447 g/mol. The van der Waals surface area contributed by atoms with Gasteiger partial charge in [0.15, 0.2) is 11.5 Å². The van der Waals surface area contributed by atoms with Gasteiger partial charge in [0.25, 0.3) is 5.91 Å². The van der Waals surface area contributed by atoms with Gasteiger partial charge in [0.05, 0.1) is 26.3 Å². The highest BCUT2D eigenvalue weighted by Crippen LogP contribution is 2.37. The number of hydrogen-bond acceptors (Lipinski definition) is 6. The van der Waals surface area contributed by atoms with Crippen LogP contribution in [0.25, 0.3) is 21.7 Å². The van der Waals surface area contributed by atoms with Crippen LogP contribution < -0.4 is 19.5 Å². The van der Waals surface area contributed by atoms with Crippen molar-refractivity contribution in [2.75, 3.05) is 27.9 Å². The van der Waals surface area contributed by atoms with E-state index in [1.165, 1.54) is 0 Å². The fourth-order valence-corrected chi connectivity index (χ4v) is 3.78. The van der Waals surface area contributed by atoms with Crippen LogP contribution in [0.2, 0.25) is 0 Å². The molecule has 4 aromatic rings. The second-order valence-electron chi connectivity index (χ2n) is 7.65. The third-order valence-corrected chi connectivity index (χ3v) is 5.33. The van der Waals surface area contributed by atoms with E-state index < -0.39 is 0 Å². The normalized spacial score (nSPS) is 11.9. The van der Waals surface area contributed by atoms with E-state index in [1.54, 1.807) is 33.6 Å². The van der Waals surface area contributed by atoms with Crippen molar-refractivity contribution in [1.29, 1.82) is 0 Å². The average Bonchev–Trinajstić information content (AvgIpc) is 2.83. The Morgan fingerprint density at radius 2 is 1.73 bits per heavy atom. The van der Waals surface area contributed by atoms with Crippen LogP contribution in [-0.2, 0) is 4.74 Å². The van der Waals surface area contributed by atoms with Crippen LogP contribution in [0.4, 0.5) is 0 Å². The molecule has 170 valence electrons. The van der Waals surface area contributed by atoms with Gasteiger partial charge in [-0.25, -0.2) is 0 Å². The lowest BCUT2D eigenvalue weighted by Crippen LogP contribution is -2.35. The van der Waals surface area contributed by atoms with Crippen LogP contribution in [-0.4, -0.2) is 44.9 Å². The molecule has 0 aliphatic heterocycles. The minimum atomic E-state index is -0.139. The molecule has 1 atom stereocenters. The van der Waals surface area contributed by atoms with Gasteiger partial charge >= 0.3 is 0 Å². The third kappa shape index (κ3) is 4.68. The molecule has 1 heterocycles. The lowest BCUT2D eigenvalue weighted by atomic mass is 10.0. The molecule has 3 aromatic carbocycles. The summed E-state index contributed by atoms with van der Waals surface area (Å²) in [5.41, 5.74) is 1.34. The second kappa shape index (κ2) is 9.75. The molecule has 7 nitrogen and oxygen atoms in total. The summed E-state index contributed by atoms with van der Waals surface area (Å²) in [7, 11) is 4.79. The molecular weight excluding hydrogens is 420 g/mol. The molecule has 0 saturated heterocycles. The molecule has 4 rings (SSSR count). The maximum Gasteiger partial charge on any atom is 0.252 e. The van der Waals surface area contributed by atoms with Gasteiger partial charge < -0.3 is 24.3 Å². The van der Waals surface area contributed by atoms with Gasteiger partial charge in [0, 0.05) is 36.4 Å². The van der Waals surface area contributed by atoms with Gasteiger partial charge in [0.2, 0.25) is 0 Å². The van der Waals surface area contributed by atoms with E-state index in [0.29, 0.717) is 35.2 Å². The molecule has 0 fully saturated rings. The standard InChI is InChI=1S/C26H26N2O5/c1-16(15-30-2)28-26(29)20-7-5-6-17-12-18(8-9-19(17)20)33-23-10-11-27-22-14-25(32-4)24(31-3)13-21(22)23/h5-14,16H,15H2,1-4H3,(H,28,29). The number of carbonyl (C=O) groups excluding carboxylic acids is 1. The summed E-state index contributed by atoms with van der Waals surface area (Å²) < 4.78 is 22.1. The lowest BCUT2D eigenvalue weighted by Gasteiger charge is -2.15. The van der Waals surface area contributed by atoms with Gasteiger partial charge in [-0.15, -0.1) is 0 Å².